The molecule has 0 radical (unpaired) electrons. The smallest absolute Gasteiger partial charge is 0.163 e. The molecule has 5 nitrogen and oxygen atoms in total. The number of hydrogen-bond acceptors (Lipinski definition) is 5. The molecular weight excluding hydrogens is 459 g/mol. The summed E-state index contributed by atoms with van der Waals surface area (Å²) in [5.74, 6) is 1.26. The molecule has 3 aromatic rings. The summed E-state index contributed by atoms with van der Waals surface area (Å²) in [5.41, 5.74) is 5.16. The number of methoxy groups -OCH3 is 1. The Hall–Kier alpha value is -2.60. The van der Waals surface area contributed by atoms with E-state index in [2.05, 4.69) is 41.4 Å². The standard InChI is InChI=1S/C26H28Cl2N2O3/c1-18-3-5-19(6-4-18)17-33-26-15-22(27)20(13-25(26)31-2)16-29-21-7-8-24(23(28)14-21)30-9-11-32-12-10-30/h3-8,13-15,29H,9-12,16-17H2,1-2H3. The number of anilines is 2. The van der Waals surface area contributed by atoms with Gasteiger partial charge in [-0.2, -0.15) is 0 Å². The van der Waals surface area contributed by atoms with E-state index < -0.39 is 0 Å². The van der Waals surface area contributed by atoms with E-state index in [4.69, 9.17) is 37.4 Å². The molecule has 0 spiro atoms. The summed E-state index contributed by atoms with van der Waals surface area (Å²) in [7, 11) is 1.63. The Morgan fingerprint density at radius 3 is 2.39 bits per heavy atom. The topological polar surface area (TPSA) is 43.0 Å². The Morgan fingerprint density at radius 1 is 0.939 bits per heavy atom. The zero-order valence-corrected chi connectivity index (χ0v) is 20.4. The molecule has 33 heavy (non-hydrogen) atoms. The van der Waals surface area contributed by atoms with Crippen LogP contribution in [0, 0.1) is 6.92 Å². The molecule has 0 unspecified atom stereocenters. The number of aryl methyl sites for hydroxylation is 1. The lowest BCUT2D eigenvalue weighted by Crippen LogP contribution is -2.36. The lowest BCUT2D eigenvalue weighted by Gasteiger charge is -2.29. The maximum atomic E-state index is 6.57. The van der Waals surface area contributed by atoms with Crippen molar-refractivity contribution >= 4 is 34.6 Å². The third kappa shape index (κ3) is 6.05. The fourth-order valence-corrected chi connectivity index (χ4v) is 4.23. The Balaban J connectivity index is 1.41. The average Bonchev–Trinajstić information content (AvgIpc) is 2.83. The highest BCUT2D eigenvalue weighted by Gasteiger charge is 2.15. The summed E-state index contributed by atoms with van der Waals surface area (Å²) in [6.07, 6.45) is 0. The molecular formula is C26H28Cl2N2O3. The third-order valence-electron chi connectivity index (χ3n) is 5.63. The van der Waals surface area contributed by atoms with Crippen LogP contribution in [-0.4, -0.2) is 33.4 Å². The van der Waals surface area contributed by atoms with E-state index in [-0.39, 0.29) is 0 Å². The van der Waals surface area contributed by atoms with Crippen molar-refractivity contribution in [2.24, 2.45) is 0 Å². The van der Waals surface area contributed by atoms with Crippen LogP contribution in [0.5, 0.6) is 11.5 Å². The van der Waals surface area contributed by atoms with Gasteiger partial charge in [0.25, 0.3) is 0 Å². The second-order valence-corrected chi connectivity index (χ2v) is 8.80. The van der Waals surface area contributed by atoms with Crippen LogP contribution < -0.4 is 19.7 Å². The van der Waals surface area contributed by atoms with E-state index in [1.165, 1.54) is 5.56 Å². The van der Waals surface area contributed by atoms with Gasteiger partial charge in [-0.1, -0.05) is 53.0 Å². The highest BCUT2D eigenvalue weighted by atomic mass is 35.5. The average molecular weight is 487 g/mol. The van der Waals surface area contributed by atoms with E-state index in [1.54, 1.807) is 13.2 Å². The molecule has 1 saturated heterocycles. The summed E-state index contributed by atoms with van der Waals surface area (Å²) >= 11 is 13.1. The molecule has 0 aromatic heterocycles. The van der Waals surface area contributed by atoms with Crippen LogP contribution in [0.15, 0.2) is 54.6 Å². The fourth-order valence-electron chi connectivity index (χ4n) is 3.71. The van der Waals surface area contributed by atoms with Gasteiger partial charge >= 0.3 is 0 Å². The number of benzene rings is 3. The zero-order chi connectivity index (χ0) is 23.2. The minimum absolute atomic E-state index is 0.443. The third-order valence-corrected chi connectivity index (χ3v) is 6.28. The van der Waals surface area contributed by atoms with Crippen molar-refractivity contribution in [1.29, 1.82) is 0 Å². The predicted octanol–water partition coefficient (Wildman–Crippen LogP) is 6.34. The number of ether oxygens (including phenoxy) is 3. The number of nitrogens with one attached hydrogen (secondary N) is 1. The summed E-state index contributed by atoms with van der Waals surface area (Å²) in [6.45, 7) is 6.18. The molecule has 1 fully saturated rings. The van der Waals surface area contributed by atoms with Gasteiger partial charge in [-0.05, 0) is 42.3 Å². The predicted molar refractivity (Wildman–Crippen MR) is 135 cm³/mol. The van der Waals surface area contributed by atoms with E-state index >= 15 is 0 Å². The largest absolute Gasteiger partial charge is 0.493 e. The molecule has 7 heteroatoms. The van der Waals surface area contributed by atoms with Crippen molar-refractivity contribution in [3.8, 4) is 11.5 Å². The molecule has 0 amide bonds. The van der Waals surface area contributed by atoms with Crippen LogP contribution in [0.1, 0.15) is 16.7 Å². The number of halogens is 2. The minimum Gasteiger partial charge on any atom is -0.493 e. The van der Waals surface area contributed by atoms with Crippen LogP contribution in [-0.2, 0) is 17.9 Å². The van der Waals surface area contributed by atoms with Crippen LogP contribution in [0.25, 0.3) is 0 Å². The molecule has 0 bridgehead atoms. The van der Waals surface area contributed by atoms with E-state index in [9.17, 15) is 0 Å². The van der Waals surface area contributed by atoms with Gasteiger partial charge in [0.15, 0.2) is 11.5 Å². The number of morpholine rings is 1. The normalized spacial score (nSPS) is 13.6. The van der Waals surface area contributed by atoms with Crippen molar-refractivity contribution in [1.82, 2.24) is 0 Å². The van der Waals surface area contributed by atoms with Gasteiger partial charge in [0.05, 0.1) is 31.0 Å². The molecule has 0 atom stereocenters. The highest BCUT2D eigenvalue weighted by Crippen LogP contribution is 2.35. The molecule has 1 aliphatic heterocycles. The lowest BCUT2D eigenvalue weighted by molar-refractivity contribution is 0.122. The van der Waals surface area contributed by atoms with Crippen LogP contribution in [0.3, 0.4) is 0 Å². The summed E-state index contributed by atoms with van der Waals surface area (Å²) < 4.78 is 17.0. The monoisotopic (exact) mass is 486 g/mol. The summed E-state index contributed by atoms with van der Waals surface area (Å²) in [5, 5.41) is 4.72. The highest BCUT2D eigenvalue weighted by molar-refractivity contribution is 6.33. The lowest BCUT2D eigenvalue weighted by atomic mass is 10.1. The van der Waals surface area contributed by atoms with Crippen LogP contribution in [0.2, 0.25) is 10.0 Å². The molecule has 1 N–H and O–H groups in total. The first-order chi connectivity index (χ1) is 16.0. The maximum absolute atomic E-state index is 6.57. The van der Waals surface area contributed by atoms with Crippen molar-refractivity contribution in [2.75, 3.05) is 43.6 Å². The van der Waals surface area contributed by atoms with E-state index in [0.717, 1.165) is 48.8 Å². The van der Waals surface area contributed by atoms with E-state index in [0.29, 0.717) is 34.7 Å². The second kappa shape index (κ2) is 11.0. The minimum atomic E-state index is 0.443. The SMILES string of the molecule is COc1cc(CNc2ccc(N3CCOCC3)c(Cl)c2)c(Cl)cc1OCc1ccc(C)cc1. The van der Waals surface area contributed by atoms with Gasteiger partial charge < -0.3 is 24.4 Å². The quantitative estimate of drug-likeness (QED) is 0.402. The van der Waals surface area contributed by atoms with Gasteiger partial charge in [0, 0.05) is 36.4 Å². The zero-order valence-electron chi connectivity index (χ0n) is 18.9. The number of rotatable bonds is 8. The Bertz CT molecular complexity index is 1080. The van der Waals surface area contributed by atoms with Gasteiger partial charge in [0.2, 0.25) is 0 Å². The Kier molecular flexibility index (Phi) is 7.86. The molecule has 3 aromatic carbocycles. The first-order valence-corrected chi connectivity index (χ1v) is 11.7. The first kappa shape index (κ1) is 23.6. The molecule has 4 rings (SSSR count). The second-order valence-electron chi connectivity index (χ2n) is 7.99. The van der Waals surface area contributed by atoms with Gasteiger partial charge in [-0.3, -0.25) is 0 Å². The van der Waals surface area contributed by atoms with Crippen molar-refractivity contribution < 1.29 is 14.2 Å². The summed E-state index contributed by atoms with van der Waals surface area (Å²) in [4.78, 5) is 2.24. The molecule has 174 valence electrons. The van der Waals surface area contributed by atoms with Gasteiger partial charge in [-0.25, -0.2) is 0 Å². The summed E-state index contributed by atoms with van der Waals surface area (Å²) in [6, 6.07) is 18.0. The van der Waals surface area contributed by atoms with Crippen LogP contribution >= 0.6 is 23.2 Å². The Morgan fingerprint density at radius 2 is 1.70 bits per heavy atom. The van der Waals surface area contributed by atoms with E-state index in [1.807, 2.05) is 24.3 Å². The maximum Gasteiger partial charge on any atom is 0.163 e. The van der Waals surface area contributed by atoms with Gasteiger partial charge in [-0.15, -0.1) is 0 Å². The van der Waals surface area contributed by atoms with Crippen LogP contribution in [0.4, 0.5) is 11.4 Å². The molecule has 0 aliphatic carbocycles. The van der Waals surface area contributed by atoms with Crippen molar-refractivity contribution in [3.05, 3.63) is 81.3 Å². The van der Waals surface area contributed by atoms with Crippen molar-refractivity contribution in [3.63, 3.8) is 0 Å². The van der Waals surface area contributed by atoms with Crippen molar-refractivity contribution in [2.45, 2.75) is 20.1 Å². The van der Waals surface area contributed by atoms with Gasteiger partial charge in [0.1, 0.15) is 6.61 Å². The number of nitrogens with zero attached hydrogens (tertiary/aromatic N) is 1. The molecule has 1 aliphatic rings. The first-order valence-electron chi connectivity index (χ1n) is 10.9. The number of hydrogen-bond donors (Lipinski definition) is 1. The molecule has 0 saturated carbocycles. The Labute approximate surface area is 205 Å². The fraction of sp³-hybridized carbons (Fsp3) is 0.308. The molecule has 1 heterocycles.